The van der Waals surface area contributed by atoms with Gasteiger partial charge in [0.15, 0.2) is 0 Å². The Labute approximate surface area is 152 Å². The van der Waals surface area contributed by atoms with E-state index in [9.17, 15) is 0 Å². The Bertz CT molecular complexity index is 1380. The van der Waals surface area contributed by atoms with Crippen LogP contribution < -0.4 is 0 Å². The maximum Gasteiger partial charge on any atom is 0.0906 e. The van der Waals surface area contributed by atoms with Gasteiger partial charge in [-0.05, 0) is 24.3 Å². The molecule has 0 bridgehead atoms. The number of benzene rings is 3. The Morgan fingerprint density at radius 1 is 0.640 bits per heavy atom. The van der Waals surface area contributed by atoms with Crippen LogP contribution in [-0.2, 0) is 0 Å². The molecule has 0 aliphatic heterocycles. The summed E-state index contributed by atoms with van der Waals surface area (Å²) in [5.74, 6) is 0. The highest BCUT2D eigenvalue weighted by atomic mass is 32.2. The molecule has 0 radical (unpaired) electrons. The second-order valence-corrected chi connectivity index (χ2v) is 8.56. The van der Waals surface area contributed by atoms with Gasteiger partial charge in [-0.1, -0.05) is 54.6 Å². The van der Waals surface area contributed by atoms with Crippen LogP contribution in [0.25, 0.3) is 46.3 Å². The second-order valence-electron chi connectivity index (χ2n) is 6.23. The predicted molar refractivity (Wildman–Crippen MR) is 112 cm³/mol. The maximum atomic E-state index is 2.43. The molecule has 0 amide bonds. The number of nitrogens with zero attached hydrogens (tertiary/aromatic N) is 1. The zero-order valence-corrected chi connectivity index (χ0v) is 14.9. The van der Waals surface area contributed by atoms with E-state index in [1.54, 1.807) is 0 Å². The molecule has 0 N–H and O–H groups in total. The minimum absolute atomic E-state index is 1.23. The minimum Gasteiger partial charge on any atom is -0.308 e. The summed E-state index contributed by atoms with van der Waals surface area (Å²) < 4.78 is 6.62. The lowest BCUT2D eigenvalue weighted by Gasteiger charge is -2.07. The largest absolute Gasteiger partial charge is 0.308 e. The Morgan fingerprint density at radius 3 is 2.24 bits per heavy atom. The summed E-state index contributed by atoms with van der Waals surface area (Å²) in [5.41, 5.74) is 3.86. The summed E-state index contributed by atoms with van der Waals surface area (Å²) in [6.07, 6.45) is 0. The zero-order chi connectivity index (χ0) is 16.4. The lowest BCUT2D eigenvalue weighted by molar-refractivity contribution is 1.19. The third kappa shape index (κ3) is 1.77. The van der Waals surface area contributed by atoms with E-state index < -0.39 is 0 Å². The van der Waals surface area contributed by atoms with E-state index in [-0.39, 0.29) is 0 Å². The average molecular weight is 355 g/mol. The van der Waals surface area contributed by atoms with E-state index in [0.717, 1.165) is 0 Å². The van der Waals surface area contributed by atoms with Gasteiger partial charge in [-0.15, -0.1) is 22.7 Å². The fourth-order valence-corrected chi connectivity index (χ4v) is 6.48. The predicted octanol–water partition coefficient (Wildman–Crippen LogP) is 7.21. The number of thiophene rings is 2. The molecule has 0 unspecified atom stereocenters. The average Bonchev–Trinajstić information content (AvgIpc) is 3.29. The van der Waals surface area contributed by atoms with Gasteiger partial charge in [0, 0.05) is 26.5 Å². The van der Waals surface area contributed by atoms with Gasteiger partial charge in [0.25, 0.3) is 0 Å². The molecular formula is C22H13NS2. The van der Waals surface area contributed by atoms with E-state index >= 15 is 0 Å². The lowest BCUT2D eigenvalue weighted by Crippen LogP contribution is -1.92. The molecule has 3 heterocycles. The highest BCUT2D eigenvalue weighted by Gasteiger charge is 2.20. The monoisotopic (exact) mass is 355 g/mol. The van der Waals surface area contributed by atoms with Crippen molar-refractivity contribution in [1.29, 1.82) is 0 Å². The van der Waals surface area contributed by atoms with Gasteiger partial charge in [0.2, 0.25) is 0 Å². The quantitative estimate of drug-likeness (QED) is 0.293. The summed E-state index contributed by atoms with van der Waals surface area (Å²) in [5, 5.41) is 4.12. The summed E-state index contributed by atoms with van der Waals surface area (Å²) >= 11 is 3.84. The van der Waals surface area contributed by atoms with Crippen LogP contribution in [0.2, 0.25) is 0 Å². The highest BCUT2D eigenvalue weighted by Crippen LogP contribution is 2.48. The SMILES string of the molecule is c1ccc(-n2c3ccccc3c3sc4sc5ccccc5c4c32)cc1. The zero-order valence-electron chi connectivity index (χ0n) is 13.3. The fraction of sp³-hybridized carbons (Fsp3) is 0. The van der Waals surface area contributed by atoms with Crippen molar-refractivity contribution in [1.82, 2.24) is 4.57 Å². The summed E-state index contributed by atoms with van der Waals surface area (Å²) in [7, 11) is 0. The molecule has 0 saturated heterocycles. The molecule has 0 aliphatic rings. The van der Waals surface area contributed by atoms with Crippen LogP contribution in [0.4, 0.5) is 0 Å². The van der Waals surface area contributed by atoms with Crippen molar-refractivity contribution in [2.45, 2.75) is 0 Å². The van der Waals surface area contributed by atoms with Crippen molar-refractivity contribution in [3.63, 3.8) is 0 Å². The first-order chi connectivity index (χ1) is 12.4. The number of rotatable bonds is 1. The van der Waals surface area contributed by atoms with Crippen LogP contribution in [0.3, 0.4) is 0 Å². The van der Waals surface area contributed by atoms with Crippen molar-refractivity contribution in [2.75, 3.05) is 0 Å². The molecule has 6 aromatic rings. The standard InChI is InChI=1S/C22H13NS2/c1-2-8-14(9-3-1)23-17-12-6-4-10-15(17)21-20(23)19-16-11-5-7-13-18(16)24-22(19)25-21/h1-13H. The van der Waals surface area contributed by atoms with E-state index in [4.69, 9.17) is 0 Å². The first kappa shape index (κ1) is 13.6. The first-order valence-corrected chi connectivity index (χ1v) is 9.94. The molecule has 3 aromatic heterocycles. The van der Waals surface area contributed by atoms with Crippen molar-refractivity contribution in [3.05, 3.63) is 78.9 Å². The van der Waals surface area contributed by atoms with Gasteiger partial charge < -0.3 is 4.57 Å². The fourth-order valence-electron chi connectivity index (χ4n) is 3.80. The van der Waals surface area contributed by atoms with Crippen molar-refractivity contribution in [2.24, 2.45) is 0 Å². The topological polar surface area (TPSA) is 4.93 Å². The number of hydrogen-bond acceptors (Lipinski definition) is 2. The van der Waals surface area contributed by atoms with Crippen molar-refractivity contribution < 1.29 is 0 Å². The molecule has 3 aromatic carbocycles. The lowest BCUT2D eigenvalue weighted by atomic mass is 10.2. The molecule has 0 atom stereocenters. The van der Waals surface area contributed by atoms with Crippen molar-refractivity contribution in [3.8, 4) is 5.69 Å². The summed E-state index contributed by atoms with van der Waals surface area (Å²) in [4.78, 5) is 0. The molecule has 118 valence electrons. The van der Waals surface area contributed by atoms with E-state index in [2.05, 4.69) is 83.4 Å². The van der Waals surface area contributed by atoms with E-state index in [1.165, 1.54) is 46.3 Å². The van der Waals surface area contributed by atoms with E-state index in [1.807, 2.05) is 22.7 Å². The third-order valence-electron chi connectivity index (χ3n) is 4.84. The van der Waals surface area contributed by atoms with Gasteiger partial charge in [-0.25, -0.2) is 0 Å². The van der Waals surface area contributed by atoms with Crippen LogP contribution in [0, 0.1) is 0 Å². The number of para-hydroxylation sites is 2. The van der Waals surface area contributed by atoms with Crippen LogP contribution in [-0.4, -0.2) is 4.57 Å². The Hall–Kier alpha value is -2.62. The summed E-state index contributed by atoms with van der Waals surface area (Å²) in [6.45, 7) is 0. The van der Waals surface area contributed by atoms with Gasteiger partial charge in [0.1, 0.15) is 0 Å². The molecule has 3 heteroatoms. The summed E-state index contributed by atoms with van der Waals surface area (Å²) in [6, 6.07) is 28.2. The number of aromatic nitrogens is 1. The van der Waals surface area contributed by atoms with Crippen molar-refractivity contribution >= 4 is 63.3 Å². The van der Waals surface area contributed by atoms with Gasteiger partial charge in [0.05, 0.1) is 19.7 Å². The highest BCUT2D eigenvalue weighted by molar-refractivity contribution is 7.45. The Morgan fingerprint density at radius 2 is 1.36 bits per heavy atom. The number of fused-ring (bicyclic) bond motifs is 7. The van der Waals surface area contributed by atoms with Crippen LogP contribution >= 0.6 is 22.7 Å². The number of hydrogen-bond donors (Lipinski definition) is 0. The maximum absolute atomic E-state index is 2.43. The third-order valence-corrected chi connectivity index (χ3v) is 7.31. The molecule has 1 nitrogen and oxygen atoms in total. The molecule has 25 heavy (non-hydrogen) atoms. The van der Waals surface area contributed by atoms with Crippen LogP contribution in [0.15, 0.2) is 78.9 Å². The van der Waals surface area contributed by atoms with Crippen LogP contribution in [0.1, 0.15) is 0 Å². The molecule has 0 saturated carbocycles. The second kappa shape index (κ2) is 4.94. The van der Waals surface area contributed by atoms with E-state index in [0.29, 0.717) is 0 Å². The Balaban J connectivity index is 1.93. The van der Waals surface area contributed by atoms with Gasteiger partial charge in [-0.3, -0.25) is 0 Å². The smallest absolute Gasteiger partial charge is 0.0906 e. The Kier molecular flexibility index (Phi) is 2.70. The van der Waals surface area contributed by atoms with Crippen LogP contribution in [0.5, 0.6) is 0 Å². The van der Waals surface area contributed by atoms with Gasteiger partial charge in [-0.2, -0.15) is 0 Å². The normalized spacial score (nSPS) is 12.0. The first-order valence-electron chi connectivity index (χ1n) is 8.30. The minimum atomic E-state index is 1.23. The van der Waals surface area contributed by atoms with Gasteiger partial charge >= 0.3 is 0 Å². The molecule has 0 aliphatic carbocycles. The molecule has 0 fully saturated rings. The molecule has 0 spiro atoms. The molecular weight excluding hydrogens is 342 g/mol. The molecule has 6 rings (SSSR count).